The van der Waals surface area contributed by atoms with Crippen molar-refractivity contribution in [2.24, 2.45) is 5.92 Å². The number of anilines is 1. The standard InChI is InChI=1S/C19H23FN4O2/c20-19(12-25)8-13(9-19)18(26)24-7-3-4-14(11-24)22-17-10-21-15-5-1-2-6-16(15)23-17/h1-2,5-6,10,13-14,25H,3-4,7-9,11-12H2,(H,22,23). The van der Waals surface area contributed by atoms with Crippen molar-refractivity contribution in [2.75, 3.05) is 25.0 Å². The number of carbonyl (C=O) groups is 1. The van der Waals surface area contributed by atoms with Crippen LogP contribution >= 0.6 is 0 Å². The van der Waals surface area contributed by atoms with E-state index in [0.29, 0.717) is 18.9 Å². The zero-order valence-electron chi connectivity index (χ0n) is 14.6. The van der Waals surface area contributed by atoms with Crippen molar-refractivity contribution < 1.29 is 14.3 Å². The van der Waals surface area contributed by atoms with E-state index in [1.54, 1.807) is 6.20 Å². The molecule has 2 N–H and O–H groups in total. The molecule has 4 rings (SSSR count). The van der Waals surface area contributed by atoms with Gasteiger partial charge in [-0.3, -0.25) is 9.78 Å². The number of hydrogen-bond donors (Lipinski definition) is 2. The molecule has 2 aromatic rings. The fourth-order valence-electron chi connectivity index (χ4n) is 3.92. The molecule has 7 heteroatoms. The van der Waals surface area contributed by atoms with Crippen molar-refractivity contribution in [2.45, 2.75) is 37.4 Å². The van der Waals surface area contributed by atoms with Gasteiger partial charge in [-0.1, -0.05) is 12.1 Å². The van der Waals surface area contributed by atoms with E-state index in [1.807, 2.05) is 29.2 Å². The van der Waals surface area contributed by atoms with Gasteiger partial charge in [0.25, 0.3) is 0 Å². The van der Waals surface area contributed by atoms with E-state index in [0.717, 1.165) is 23.9 Å². The highest BCUT2D eigenvalue weighted by Gasteiger charge is 2.49. The molecule has 1 aromatic carbocycles. The topological polar surface area (TPSA) is 78.4 Å². The monoisotopic (exact) mass is 358 g/mol. The summed E-state index contributed by atoms with van der Waals surface area (Å²) in [6.45, 7) is 0.791. The van der Waals surface area contributed by atoms with Crippen molar-refractivity contribution in [1.82, 2.24) is 14.9 Å². The Morgan fingerprint density at radius 3 is 2.88 bits per heavy atom. The van der Waals surface area contributed by atoms with Gasteiger partial charge >= 0.3 is 0 Å². The molecule has 0 spiro atoms. The molecule has 0 bridgehead atoms. The van der Waals surface area contributed by atoms with Crippen LogP contribution in [-0.4, -0.2) is 57.3 Å². The molecule has 1 saturated heterocycles. The summed E-state index contributed by atoms with van der Waals surface area (Å²) >= 11 is 0. The molecule has 2 aliphatic rings. The molecule has 6 nitrogen and oxygen atoms in total. The molecule has 2 heterocycles. The smallest absolute Gasteiger partial charge is 0.225 e. The van der Waals surface area contributed by atoms with Gasteiger partial charge in [-0.2, -0.15) is 0 Å². The Morgan fingerprint density at radius 2 is 2.12 bits per heavy atom. The SMILES string of the molecule is O=C(C1CC(F)(CO)C1)N1CCCC(Nc2cnc3ccccc3n2)C1. The zero-order chi connectivity index (χ0) is 18.1. The Hall–Kier alpha value is -2.28. The first-order chi connectivity index (χ1) is 12.6. The first-order valence-corrected chi connectivity index (χ1v) is 9.13. The maximum atomic E-state index is 13.9. The van der Waals surface area contributed by atoms with Gasteiger partial charge in [-0.25, -0.2) is 9.37 Å². The van der Waals surface area contributed by atoms with Crippen molar-refractivity contribution >= 4 is 22.8 Å². The number of carbonyl (C=O) groups excluding carboxylic acids is 1. The second-order valence-electron chi connectivity index (χ2n) is 7.43. The highest BCUT2D eigenvalue weighted by Crippen LogP contribution is 2.42. The third-order valence-corrected chi connectivity index (χ3v) is 5.39. The number of benzene rings is 1. The summed E-state index contributed by atoms with van der Waals surface area (Å²) in [5, 5.41) is 12.4. The third kappa shape index (κ3) is 3.35. The molecular weight excluding hydrogens is 335 g/mol. The van der Waals surface area contributed by atoms with E-state index >= 15 is 0 Å². The Morgan fingerprint density at radius 1 is 1.35 bits per heavy atom. The zero-order valence-corrected chi connectivity index (χ0v) is 14.6. The molecule has 1 amide bonds. The predicted molar refractivity (Wildman–Crippen MR) is 96.4 cm³/mol. The number of para-hydroxylation sites is 2. The highest BCUT2D eigenvalue weighted by molar-refractivity contribution is 5.80. The lowest BCUT2D eigenvalue weighted by Crippen LogP contribution is -2.53. The molecule has 1 saturated carbocycles. The quantitative estimate of drug-likeness (QED) is 0.876. The lowest BCUT2D eigenvalue weighted by molar-refractivity contribution is -0.148. The van der Waals surface area contributed by atoms with Crippen molar-refractivity contribution in [3.63, 3.8) is 0 Å². The van der Waals surface area contributed by atoms with Crippen molar-refractivity contribution in [3.05, 3.63) is 30.5 Å². The molecular formula is C19H23FN4O2. The number of fused-ring (bicyclic) bond motifs is 1. The van der Waals surface area contributed by atoms with E-state index in [4.69, 9.17) is 5.11 Å². The minimum absolute atomic E-state index is 0.00261. The van der Waals surface area contributed by atoms with Gasteiger partial charge in [-0.15, -0.1) is 0 Å². The summed E-state index contributed by atoms with van der Waals surface area (Å²) < 4.78 is 13.9. The van der Waals surface area contributed by atoms with Gasteiger partial charge in [0.15, 0.2) is 0 Å². The lowest BCUT2D eigenvalue weighted by atomic mass is 9.72. The number of amides is 1. The number of nitrogens with zero attached hydrogens (tertiary/aromatic N) is 3. The average molecular weight is 358 g/mol. The van der Waals surface area contributed by atoms with Gasteiger partial charge in [0, 0.05) is 25.0 Å². The van der Waals surface area contributed by atoms with Crippen LogP contribution in [0.15, 0.2) is 30.5 Å². The number of aromatic nitrogens is 2. The van der Waals surface area contributed by atoms with E-state index in [2.05, 4.69) is 15.3 Å². The van der Waals surface area contributed by atoms with E-state index in [-0.39, 0.29) is 30.7 Å². The number of nitrogens with one attached hydrogen (secondary N) is 1. The fraction of sp³-hybridized carbons (Fsp3) is 0.526. The van der Waals surface area contributed by atoms with Crippen LogP contribution in [0.2, 0.25) is 0 Å². The van der Waals surface area contributed by atoms with Gasteiger partial charge < -0.3 is 15.3 Å². The summed E-state index contributed by atoms with van der Waals surface area (Å²) in [5.41, 5.74) is 0.120. The normalized spacial score (nSPS) is 28.6. The van der Waals surface area contributed by atoms with Crippen LogP contribution in [0.1, 0.15) is 25.7 Å². The second kappa shape index (κ2) is 6.79. The Labute approximate surface area is 151 Å². The van der Waals surface area contributed by atoms with Crippen LogP contribution < -0.4 is 5.32 Å². The summed E-state index contributed by atoms with van der Waals surface area (Å²) in [6.07, 6.45) is 3.83. The summed E-state index contributed by atoms with van der Waals surface area (Å²) in [7, 11) is 0. The van der Waals surface area contributed by atoms with E-state index in [1.165, 1.54) is 0 Å². The number of aliphatic hydroxyl groups is 1. The maximum Gasteiger partial charge on any atom is 0.225 e. The summed E-state index contributed by atoms with van der Waals surface area (Å²) in [5.74, 6) is 0.406. The minimum atomic E-state index is -1.56. The van der Waals surface area contributed by atoms with E-state index < -0.39 is 12.3 Å². The van der Waals surface area contributed by atoms with Gasteiger partial charge in [-0.05, 0) is 37.8 Å². The number of aliphatic hydroxyl groups excluding tert-OH is 1. The molecule has 1 aliphatic carbocycles. The number of rotatable bonds is 4. The first-order valence-electron chi connectivity index (χ1n) is 9.13. The Kier molecular flexibility index (Phi) is 4.48. The van der Waals surface area contributed by atoms with E-state index in [9.17, 15) is 9.18 Å². The molecule has 1 atom stereocenters. The minimum Gasteiger partial charge on any atom is -0.393 e. The Balaban J connectivity index is 1.38. The fourth-order valence-corrected chi connectivity index (χ4v) is 3.92. The highest BCUT2D eigenvalue weighted by atomic mass is 19.1. The number of hydrogen-bond acceptors (Lipinski definition) is 5. The average Bonchev–Trinajstić information content (AvgIpc) is 2.65. The van der Waals surface area contributed by atoms with Gasteiger partial charge in [0.05, 0.1) is 23.8 Å². The first kappa shape index (κ1) is 17.1. The van der Waals surface area contributed by atoms with Crippen LogP contribution in [-0.2, 0) is 4.79 Å². The van der Waals surface area contributed by atoms with Crippen LogP contribution in [0.3, 0.4) is 0 Å². The van der Waals surface area contributed by atoms with Crippen LogP contribution in [0, 0.1) is 5.92 Å². The maximum absolute atomic E-state index is 13.9. The molecule has 0 radical (unpaired) electrons. The van der Waals surface area contributed by atoms with Crippen LogP contribution in [0.4, 0.5) is 10.2 Å². The van der Waals surface area contributed by atoms with Crippen molar-refractivity contribution in [1.29, 1.82) is 0 Å². The third-order valence-electron chi connectivity index (χ3n) is 5.39. The van der Waals surface area contributed by atoms with Gasteiger partial charge in [0.2, 0.25) is 5.91 Å². The molecule has 1 aromatic heterocycles. The molecule has 1 aliphatic heterocycles. The second-order valence-corrected chi connectivity index (χ2v) is 7.43. The molecule has 26 heavy (non-hydrogen) atoms. The number of alkyl halides is 1. The molecule has 1 unspecified atom stereocenters. The summed E-state index contributed by atoms with van der Waals surface area (Å²) in [4.78, 5) is 23.4. The summed E-state index contributed by atoms with van der Waals surface area (Å²) in [6, 6.07) is 7.81. The predicted octanol–water partition coefficient (Wildman–Crippen LogP) is 2.14. The largest absolute Gasteiger partial charge is 0.393 e. The van der Waals surface area contributed by atoms with Crippen molar-refractivity contribution in [3.8, 4) is 0 Å². The number of halogens is 1. The van der Waals surface area contributed by atoms with Crippen LogP contribution in [0.25, 0.3) is 11.0 Å². The van der Waals surface area contributed by atoms with Gasteiger partial charge in [0.1, 0.15) is 11.5 Å². The number of likely N-dealkylation sites (tertiary alicyclic amines) is 1. The lowest BCUT2D eigenvalue weighted by Gasteiger charge is -2.43. The van der Waals surface area contributed by atoms with Crippen LogP contribution in [0.5, 0.6) is 0 Å². The molecule has 138 valence electrons. The number of piperidine rings is 1. The Bertz CT molecular complexity index is 809. The molecule has 2 fully saturated rings.